The molecule has 0 aromatic heterocycles. The Morgan fingerprint density at radius 3 is 2.88 bits per heavy atom. The maximum absolute atomic E-state index is 12.0. The Kier molecular flexibility index (Phi) is 6.88. The van der Waals surface area contributed by atoms with Gasteiger partial charge in [-0.05, 0) is 18.2 Å². The molecule has 1 aliphatic heterocycles. The molecule has 0 spiro atoms. The van der Waals surface area contributed by atoms with Gasteiger partial charge in [0, 0.05) is 38.1 Å². The highest BCUT2D eigenvalue weighted by Gasteiger charge is 2.12. The Morgan fingerprint density at radius 1 is 1.46 bits per heavy atom. The lowest BCUT2D eigenvalue weighted by Crippen LogP contribution is -2.41. The van der Waals surface area contributed by atoms with Crippen LogP contribution in [0.3, 0.4) is 0 Å². The third-order valence-corrected chi connectivity index (χ3v) is 3.89. The molecule has 0 radical (unpaired) electrons. The Bertz CT molecular complexity index is 650. The van der Waals surface area contributed by atoms with Gasteiger partial charge in [-0.25, -0.2) is 0 Å². The summed E-state index contributed by atoms with van der Waals surface area (Å²) in [6.07, 6.45) is 1.35. The SMILES string of the molecule is N#C/C(=C/Nc1ccc(N)c(Cl)c1)C(=O)NCCN1CCOCC1. The molecule has 1 amide bonds. The topological polar surface area (TPSA) is 103 Å². The number of rotatable bonds is 6. The molecule has 4 N–H and O–H groups in total. The molecule has 1 aliphatic rings. The fourth-order valence-electron chi connectivity index (χ4n) is 2.17. The summed E-state index contributed by atoms with van der Waals surface area (Å²) in [6, 6.07) is 6.86. The maximum atomic E-state index is 12.0. The normalized spacial score (nSPS) is 15.6. The van der Waals surface area contributed by atoms with Crippen molar-refractivity contribution >= 4 is 28.9 Å². The molecule has 0 saturated carbocycles. The number of nitrogens with one attached hydrogen (secondary N) is 2. The number of anilines is 2. The second kappa shape index (κ2) is 9.13. The van der Waals surface area contributed by atoms with Crippen molar-refractivity contribution < 1.29 is 9.53 Å². The number of halogens is 1. The van der Waals surface area contributed by atoms with E-state index in [0.29, 0.717) is 36.2 Å². The summed E-state index contributed by atoms with van der Waals surface area (Å²) in [5.41, 5.74) is 6.73. The van der Waals surface area contributed by atoms with Gasteiger partial charge < -0.3 is 21.1 Å². The van der Waals surface area contributed by atoms with E-state index in [-0.39, 0.29) is 5.57 Å². The van der Waals surface area contributed by atoms with Gasteiger partial charge >= 0.3 is 0 Å². The van der Waals surface area contributed by atoms with Crippen molar-refractivity contribution in [2.45, 2.75) is 0 Å². The van der Waals surface area contributed by atoms with Gasteiger partial charge in [0.2, 0.25) is 0 Å². The van der Waals surface area contributed by atoms with Gasteiger partial charge in [0.05, 0.1) is 23.9 Å². The number of carbonyl (C=O) groups is 1. The molecular weight excluding hydrogens is 330 g/mol. The second-order valence-electron chi connectivity index (χ2n) is 5.26. The van der Waals surface area contributed by atoms with E-state index in [2.05, 4.69) is 15.5 Å². The standard InChI is InChI=1S/C16H20ClN5O2/c17-14-9-13(1-2-15(14)19)21-11-12(10-18)16(23)20-3-4-22-5-7-24-8-6-22/h1-2,9,11,21H,3-8,19H2,(H,20,23)/b12-11-. The molecule has 8 heteroatoms. The maximum Gasteiger partial charge on any atom is 0.263 e. The minimum atomic E-state index is -0.417. The van der Waals surface area contributed by atoms with Crippen molar-refractivity contribution in [2.24, 2.45) is 0 Å². The fraction of sp³-hybridized carbons (Fsp3) is 0.375. The first-order valence-corrected chi connectivity index (χ1v) is 7.98. The summed E-state index contributed by atoms with van der Waals surface area (Å²) >= 11 is 5.92. The van der Waals surface area contributed by atoms with Gasteiger partial charge in [-0.2, -0.15) is 5.26 Å². The minimum Gasteiger partial charge on any atom is -0.398 e. The van der Waals surface area contributed by atoms with Crippen molar-refractivity contribution in [3.8, 4) is 6.07 Å². The van der Waals surface area contributed by atoms with Crippen LogP contribution in [0.5, 0.6) is 0 Å². The molecular formula is C16H20ClN5O2. The van der Waals surface area contributed by atoms with Crippen LogP contribution in [0.4, 0.5) is 11.4 Å². The molecule has 0 bridgehead atoms. The molecule has 1 aromatic rings. The lowest BCUT2D eigenvalue weighted by Gasteiger charge is -2.26. The molecule has 1 saturated heterocycles. The fourth-order valence-corrected chi connectivity index (χ4v) is 2.35. The van der Waals surface area contributed by atoms with Crippen LogP contribution in [-0.4, -0.2) is 50.2 Å². The summed E-state index contributed by atoms with van der Waals surface area (Å²) in [5.74, 6) is -0.417. The number of nitrogens with zero attached hydrogens (tertiary/aromatic N) is 2. The van der Waals surface area contributed by atoms with Gasteiger partial charge in [0.1, 0.15) is 11.6 Å². The molecule has 0 unspecified atom stereocenters. The van der Waals surface area contributed by atoms with Gasteiger partial charge in [0.25, 0.3) is 5.91 Å². The minimum absolute atomic E-state index is 0.00933. The quantitative estimate of drug-likeness (QED) is 0.405. The number of amides is 1. The van der Waals surface area contributed by atoms with E-state index in [9.17, 15) is 4.79 Å². The summed E-state index contributed by atoms with van der Waals surface area (Å²) in [4.78, 5) is 14.2. The van der Waals surface area contributed by atoms with E-state index in [4.69, 9.17) is 27.3 Å². The van der Waals surface area contributed by atoms with E-state index >= 15 is 0 Å². The van der Waals surface area contributed by atoms with Crippen LogP contribution in [0.2, 0.25) is 5.02 Å². The van der Waals surface area contributed by atoms with Crippen LogP contribution < -0.4 is 16.4 Å². The predicted octanol–water partition coefficient (Wildman–Crippen LogP) is 1.19. The number of nitrogens with two attached hydrogens (primary N) is 1. The predicted molar refractivity (Wildman–Crippen MR) is 93.5 cm³/mol. The number of hydrogen-bond donors (Lipinski definition) is 3. The Labute approximate surface area is 146 Å². The van der Waals surface area contributed by atoms with Crippen molar-refractivity contribution in [3.63, 3.8) is 0 Å². The average Bonchev–Trinajstić information content (AvgIpc) is 2.59. The second-order valence-corrected chi connectivity index (χ2v) is 5.67. The van der Waals surface area contributed by atoms with E-state index in [0.717, 1.165) is 19.6 Å². The smallest absolute Gasteiger partial charge is 0.263 e. The highest BCUT2D eigenvalue weighted by atomic mass is 35.5. The summed E-state index contributed by atoms with van der Waals surface area (Å²) in [7, 11) is 0. The Hall–Kier alpha value is -2.27. The number of nitriles is 1. The summed E-state index contributed by atoms with van der Waals surface area (Å²) in [6.45, 7) is 4.35. The van der Waals surface area contributed by atoms with Gasteiger partial charge in [-0.3, -0.25) is 9.69 Å². The van der Waals surface area contributed by atoms with Gasteiger partial charge in [-0.1, -0.05) is 11.6 Å². The van der Waals surface area contributed by atoms with Crippen molar-refractivity contribution in [3.05, 3.63) is 35.0 Å². The summed E-state index contributed by atoms with van der Waals surface area (Å²) in [5, 5.41) is 15.1. The Morgan fingerprint density at radius 2 is 2.21 bits per heavy atom. The largest absolute Gasteiger partial charge is 0.398 e. The highest BCUT2D eigenvalue weighted by Crippen LogP contribution is 2.22. The molecule has 0 aliphatic carbocycles. The van der Waals surface area contributed by atoms with Crippen molar-refractivity contribution in [1.29, 1.82) is 5.26 Å². The van der Waals surface area contributed by atoms with Crippen LogP contribution in [0.15, 0.2) is 30.0 Å². The molecule has 2 rings (SSSR count). The molecule has 1 heterocycles. The Balaban J connectivity index is 1.83. The summed E-state index contributed by atoms with van der Waals surface area (Å²) < 4.78 is 5.27. The molecule has 24 heavy (non-hydrogen) atoms. The van der Waals surface area contributed by atoms with Crippen LogP contribution in [-0.2, 0) is 9.53 Å². The zero-order valence-electron chi connectivity index (χ0n) is 13.2. The first-order valence-electron chi connectivity index (χ1n) is 7.60. The zero-order chi connectivity index (χ0) is 17.4. The lowest BCUT2D eigenvalue weighted by atomic mass is 10.2. The van der Waals surface area contributed by atoms with Crippen molar-refractivity contribution in [2.75, 3.05) is 50.4 Å². The van der Waals surface area contributed by atoms with E-state index in [1.54, 1.807) is 18.2 Å². The van der Waals surface area contributed by atoms with Gasteiger partial charge in [-0.15, -0.1) is 0 Å². The number of ether oxygens (including phenoxy) is 1. The van der Waals surface area contributed by atoms with E-state index in [1.807, 2.05) is 6.07 Å². The zero-order valence-corrected chi connectivity index (χ0v) is 14.0. The van der Waals surface area contributed by atoms with Gasteiger partial charge in [0.15, 0.2) is 0 Å². The monoisotopic (exact) mass is 349 g/mol. The number of carbonyl (C=O) groups excluding carboxylic acids is 1. The van der Waals surface area contributed by atoms with E-state index in [1.165, 1.54) is 6.20 Å². The lowest BCUT2D eigenvalue weighted by molar-refractivity contribution is -0.117. The van der Waals surface area contributed by atoms with E-state index < -0.39 is 5.91 Å². The third kappa shape index (κ3) is 5.42. The van der Waals surface area contributed by atoms with Crippen LogP contribution in [0, 0.1) is 11.3 Å². The highest BCUT2D eigenvalue weighted by molar-refractivity contribution is 6.33. The van der Waals surface area contributed by atoms with Crippen LogP contribution in [0.1, 0.15) is 0 Å². The molecule has 0 atom stereocenters. The third-order valence-electron chi connectivity index (χ3n) is 3.57. The molecule has 1 fully saturated rings. The number of hydrogen-bond acceptors (Lipinski definition) is 6. The van der Waals surface area contributed by atoms with Crippen LogP contribution in [0.25, 0.3) is 0 Å². The molecule has 1 aromatic carbocycles. The number of benzene rings is 1. The average molecular weight is 350 g/mol. The number of nitrogen functional groups attached to an aromatic ring is 1. The first kappa shape index (κ1) is 18.1. The van der Waals surface area contributed by atoms with Crippen molar-refractivity contribution in [1.82, 2.24) is 10.2 Å². The van der Waals surface area contributed by atoms with Crippen LogP contribution >= 0.6 is 11.6 Å². The molecule has 128 valence electrons. The molecule has 7 nitrogen and oxygen atoms in total. The number of morpholine rings is 1. The first-order chi connectivity index (χ1) is 11.6.